The molecule has 1 N–H and O–H groups in total. The fourth-order valence-electron chi connectivity index (χ4n) is 1.45. The zero-order valence-corrected chi connectivity index (χ0v) is 14.5. The fourth-order valence-corrected chi connectivity index (χ4v) is 2.61. The summed E-state index contributed by atoms with van der Waals surface area (Å²) < 4.78 is 11.7. The molecule has 2 rings (SSSR count). The molecular formula is C13H9Br2N3O5. The van der Waals surface area contributed by atoms with Gasteiger partial charge in [-0.2, -0.15) is 5.10 Å². The zero-order chi connectivity index (χ0) is 16.8. The lowest BCUT2D eigenvalue weighted by Crippen LogP contribution is -2.24. The molecule has 0 atom stereocenters. The van der Waals surface area contributed by atoms with Gasteiger partial charge in [0.15, 0.2) is 12.4 Å². The van der Waals surface area contributed by atoms with Gasteiger partial charge in [-0.1, -0.05) is 15.9 Å². The summed E-state index contributed by atoms with van der Waals surface area (Å²) in [6.07, 6.45) is 1.15. The van der Waals surface area contributed by atoms with Crippen LogP contribution in [0.5, 0.6) is 5.75 Å². The number of carbonyl (C=O) groups is 1. The number of hydrogen-bond acceptors (Lipinski definition) is 6. The summed E-state index contributed by atoms with van der Waals surface area (Å²) in [4.78, 5) is 21.4. The molecule has 0 saturated carbocycles. The number of halogens is 2. The van der Waals surface area contributed by atoms with E-state index in [4.69, 9.17) is 9.15 Å². The van der Waals surface area contributed by atoms with E-state index in [-0.39, 0.29) is 12.4 Å². The molecule has 120 valence electrons. The lowest BCUT2D eigenvalue weighted by molar-refractivity contribution is -0.402. The van der Waals surface area contributed by atoms with Gasteiger partial charge < -0.3 is 9.15 Å². The number of amides is 1. The molecule has 0 radical (unpaired) electrons. The number of hydrogen-bond donors (Lipinski definition) is 1. The van der Waals surface area contributed by atoms with Crippen molar-refractivity contribution in [1.82, 2.24) is 5.43 Å². The standard InChI is InChI=1S/C13H9Br2N3O5/c14-8-1-3-11(10(15)5-8)22-7-12(19)17-16-6-9-2-4-13(23-9)18(20)21/h1-6H,7H2,(H,17,19)/b16-6+. The largest absolute Gasteiger partial charge is 0.483 e. The summed E-state index contributed by atoms with van der Waals surface area (Å²) in [5, 5.41) is 14.1. The Kier molecular flexibility index (Phi) is 5.88. The molecule has 0 spiro atoms. The highest BCUT2D eigenvalue weighted by atomic mass is 79.9. The highest BCUT2D eigenvalue weighted by molar-refractivity contribution is 9.11. The van der Waals surface area contributed by atoms with Crippen LogP contribution >= 0.6 is 31.9 Å². The van der Waals surface area contributed by atoms with Crippen LogP contribution in [-0.4, -0.2) is 23.7 Å². The van der Waals surface area contributed by atoms with E-state index in [1.165, 1.54) is 12.1 Å². The molecule has 1 heterocycles. The summed E-state index contributed by atoms with van der Waals surface area (Å²) in [6.45, 7) is -0.240. The molecular weight excluding hydrogens is 438 g/mol. The second-order valence-corrected chi connectivity index (χ2v) is 5.86. The highest BCUT2D eigenvalue weighted by Crippen LogP contribution is 2.28. The summed E-state index contributed by atoms with van der Waals surface area (Å²) in [5.74, 6) is -0.235. The maximum Gasteiger partial charge on any atom is 0.433 e. The first-order chi connectivity index (χ1) is 11.0. The van der Waals surface area contributed by atoms with Crippen molar-refractivity contribution < 1.29 is 18.9 Å². The van der Waals surface area contributed by atoms with Crippen LogP contribution < -0.4 is 10.2 Å². The number of furan rings is 1. The van der Waals surface area contributed by atoms with Crippen LogP contribution in [0.3, 0.4) is 0 Å². The first kappa shape index (κ1) is 17.2. The lowest BCUT2D eigenvalue weighted by Gasteiger charge is -2.07. The van der Waals surface area contributed by atoms with E-state index in [0.29, 0.717) is 10.2 Å². The smallest absolute Gasteiger partial charge is 0.433 e. The number of nitrogens with zero attached hydrogens (tertiary/aromatic N) is 2. The highest BCUT2D eigenvalue weighted by Gasteiger charge is 2.10. The Morgan fingerprint density at radius 2 is 2.17 bits per heavy atom. The third kappa shape index (κ3) is 5.18. The van der Waals surface area contributed by atoms with Crippen molar-refractivity contribution in [1.29, 1.82) is 0 Å². The molecule has 0 aliphatic heterocycles. The predicted molar refractivity (Wildman–Crippen MR) is 88.4 cm³/mol. The first-order valence-corrected chi connectivity index (χ1v) is 7.68. The van der Waals surface area contributed by atoms with Crippen LogP contribution in [0, 0.1) is 10.1 Å². The molecule has 10 heteroatoms. The summed E-state index contributed by atoms with van der Waals surface area (Å²) >= 11 is 6.62. The van der Waals surface area contributed by atoms with Crippen LogP contribution in [0.1, 0.15) is 5.76 Å². The Bertz CT molecular complexity index is 760. The Morgan fingerprint density at radius 1 is 1.39 bits per heavy atom. The average Bonchev–Trinajstić information content (AvgIpc) is 2.95. The molecule has 2 aromatic rings. The van der Waals surface area contributed by atoms with Gasteiger partial charge in [0.05, 0.1) is 16.8 Å². The number of carbonyl (C=O) groups excluding carboxylic acids is 1. The monoisotopic (exact) mass is 445 g/mol. The van der Waals surface area contributed by atoms with Crippen LogP contribution in [0.2, 0.25) is 0 Å². The second kappa shape index (κ2) is 7.88. The predicted octanol–water partition coefficient (Wildman–Crippen LogP) is 3.24. The summed E-state index contributed by atoms with van der Waals surface area (Å²) in [6, 6.07) is 7.82. The van der Waals surface area contributed by atoms with Crippen molar-refractivity contribution in [2.45, 2.75) is 0 Å². The van der Waals surface area contributed by atoms with Crippen molar-refractivity contribution >= 4 is 49.9 Å². The van der Waals surface area contributed by atoms with Crippen molar-refractivity contribution in [3.8, 4) is 5.75 Å². The molecule has 0 unspecified atom stereocenters. The Balaban J connectivity index is 1.82. The number of benzene rings is 1. The Labute approximate surface area is 146 Å². The van der Waals surface area contributed by atoms with Gasteiger partial charge >= 0.3 is 5.88 Å². The molecule has 23 heavy (non-hydrogen) atoms. The third-order valence-corrected chi connectivity index (χ3v) is 3.54. The van der Waals surface area contributed by atoms with Gasteiger partial charge in [-0.15, -0.1) is 0 Å². The van der Waals surface area contributed by atoms with Crippen molar-refractivity contribution in [3.05, 3.63) is 55.2 Å². The quantitative estimate of drug-likeness (QED) is 0.416. The summed E-state index contributed by atoms with van der Waals surface area (Å²) in [7, 11) is 0. The topological polar surface area (TPSA) is 107 Å². The molecule has 1 amide bonds. The minimum Gasteiger partial charge on any atom is -0.483 e. The van der Waals surface area contributed by atoms with Crippen molar-refractivity contribution in [2.24, 2.45) is 5.10 Å². The van der Waals surface area contributed by atoms with E-state index in [0.717, 1.165) is 10.7 Å². The third-order valence-electron chi connectivity index (χ3n) is 2.43. The molecule has 0 aliphatic rings. The molecule has 1 aromatic heterocycles. The number of hydrazone groups is 1. The molecule has 0 bridgehead atoms. The average molecular weight is 447 g/mol. The minimum atomic E-state index is -0.667. The number of nitro groups is 1. The maximum atomic E-state index is 11.6. The Morgan fingerprint density at radius 3 is 2.83 bits per heavy atom. The fraction of sp³-hybridized carbons (Fsp3) is 0.0769. The zero-order valence-electron chi connectivity index (χ0n) is 11.4. The lowest BCUT2D eigenvalue weighted by atomic mass is 10.3. The maximum absolute atomic E-state index is 11.6. The van der Waals surface area contributed by atoms with E-state index >= 15 is 0 Å². The number of rotatable bonds is 6. The van der Waals surface area contributed by atoms with Gasteiger partial charge in [0, 0.05) is 4.47 Å². The van der Waals surface area contributed by atoms with E-state index < -0.39 is 16.7 Å². The molecule has 8 nitrogen and oxygen atoms in total. The van der Waals surface area contributed by atoms with E-state index in [1.807, 2.05) is 0 Å². The minimum absolute atomic E-state index is 0.147. The van der Waals surface area contributed by atoms with Gasteiger partial charge in [0.1, 0.15) is 10.7 Å². The van der Waals surface area contributed by atoms with Gasteiger partial charge in [0.2, 0.25) is 0 Å². The van der Waals surface area contributed by atoms with Gasteiger partial charge in [0.25, 0.3) is 5.91 Å². The van der Waals surface area contributed by atoms with E-state index in [1.54, 1.807) is 18.2 Å². The van der Waals surface area contributed by atoms with Crippen LogP contribution in [-0.2, 0) is 4.79 Å². The molecule has 0 fully saturated rings. The number of nitrogens with one attached hydrogen (secondary N) is 1. The van der Waals surface area contributed by atoms with E-state index in [2.05, 4.69) is 42.4 Å². The molecule has 1 aromatic carbocycles. The van der Waals surface area contributed by atoms with Crippen molar-refractivity contribution in [3.63, 3.8) is 0 Å². The van der Waals surface area contributed by atoms with Crippen LogP contribution in [0.15, 0.2) is 48.8 Å². The van der Waals surface area contributed by atoms with Gasteiger partial charge in [-0.25, -0.2) is 5.43 Å². The summed E-state index contributed by atoms with van der Waals surface area (Å²) in [5.41, 5.74) is 2.22. The normalized spacial score (nSPS) is 10.7. The van der Waals surface area contributed by atoms with Crippen LogP contribution in [0.25, 0.3) is 0 Å². The second-order valence-electron chi connectivity index (χ2n) is 4.09. The van der Waals surface area contributed by atoms with Crippen molar-refractivity contribution in [2.75, 3.05) is 6.61 Å². The SMILES string of the molecule is O=C(COc1ccc(Br)cc1Br)N/N=C/c1ccc([N+](=O)[O-])o1. The van der Waals surface area contributed by atoms with Gasteiger partial charge in [-0.3, -0.25) is 14.9 Å². The van der Waals surface area contributed by atoms with Gasteiger partial charge in [-0.05, 0) is 40.2 Å². The first-order valence-electron chi connectivity index (χ1n) is 6.09. The van der Waals surface area contributed by atoms with E-state index in [9.17, 15) is 14.9 Å². The number of ether oxygens (including phenoxy) is 1. The molecule has 0 saturated heterocycles. The molecule has 0 aliphatic carbocycles. The Hall–Kier alpha value is -2.20. The van der Waals surface area contributed by atoms with Crippen LogP contribution in [0.4, 0.5) is 5.88 Å².